The van der Waals surface area contributed by atoms with Crippen LogP contribution in [0.2, 0.25) is 0 Å². The minimum atomic E-state index is -1.08. The molecule has 0 saturated carbocycles. The Morgan fingerprint density at radius 1 is 1.40 bits per heavy atom. The zero-order valence-electron chi connectivity index (χ0n) is 13.5. The largest absolute Gasteiger partial charge is 0.595 e. The van der Waals surface area contributed by atoms with Crippen LogP contribution in [0.15, 0.2) is 24.3 Å². The Balaban J connectivity index is 1.53. The van der Waals surface area contributed by atoms with Crippen molar-refractivity contribution in [3.8, 4) is 0 Å². The van der Waals surface area contributed by atoms with Gasteiger partial charge in [-0.15, -0.1) is 0 Å². The second-order valence-electron chi connectivity index (χ2n) is 6.38. The fourth-order valence-electron chi connectivity index (χ4n) is 4.00. The number of esters is 1. The van der Waals surface area contributed by atoms with E-state index in [1.807, 2.05) is 0 Å². The molecule has 3 aliphatic heterocycles. The predicted octanol–water partition coefficient (Wildman–Crippen LogP) is -0.783. The number of hydrogen-bond acceptors (Lipinski definition) is 7. The average Bonchev–Trinajstić information content (AvgIpc) is 3.25. The third kappa shape index (κ3) is 2.52. The molecule has 3 aliphatic rings. The molecule has 9 heteroatoms. The van der Waals surface area contributed by atoms with Crippen molar-refractivity contribution in [1.29, 1.82) is 0 Å². The van der Waals surface area contributed by atoms with Crippen LogP contribution in [-0.2, 0) is 19.0 Å². The van der Waals surface area contributed by atoms with Crippen molar-refractivity contribution < 1.29 is 34.2 Å². The number of hydrogen-bond donors (Lipinski definition) is 2. The van der Waals surface area contributed by atoms with E-state index in [0.29, 0.717) is 6.54 Å². The van der Waals surface area contributed by atoms with Gasteiger partial charge in [-0.2, -0.15) is 5.23 Å². The smallest absolute Gasteiger partial charge is 0.338 e. The van der Waals surface area contributed by atoms with Crippen LogP contribution in [0.25, 0.3) is 0 Å². The van der Waals surface area contributed by atoms with Crippen molar-refractivity contribution in [3.63, 3.8) is 0 Å². The highest BCUT2D eigenvalue weighted by Crippen LogP contribution is 2.45. The van der Waals surface area contributed by atoms with Crippen molar-refractivity contribution in [2.45, 2.75) is 31.0 Å². The van der Waals surface area contributed by atoms with Gasteiger partial charge in [-0.25, -0.2) is 10.0 Å². The number of amides is 1. The number of methoxy groups -OCH3 is 1. The minimum Gasteiger partial charge on any atom is -0.595 e. The Bertz CT molecular complexity index is 692. The Morgan fingerprint density at radius 3 is 2.76 bits per heavy atom. The summed E-state index contributed by atoms with van der Waals surface area (Å²) < 4.78 is 16.6. The third-order valence-corrected chi connectivity index (χ3v) is 5.12. The molecule has 0 spiro atoms. The molecule has 25 heavy (non-hydrogen) atoms. The Morgan fingerprint density at radius 2 is 2.12 bits per heavy atom. The quantitative estimate of drug-likeness (QED) is 0.541. The summed E-state index contributed by atoms with van der Waals surface area (Å²) in [6.45, 7) is 0.586. The van der Waals surface area contributed by atoms with Gasteiger partial charge in [0.2, 0.25) is 0 Å². The van der Waals surface area contributed by atoms with E-state index < -0.39 is 23.6 Å². The number of ether oxygens (including phenoxy) is 3. The van der Waals surface area contributed by atoms with Gasteiger partial charge in [0.25, 0.3) is 5.91 Å². The summed E-state index contributed by atoms with van der Waals surface area (Å²) >= 11 is 0. The van der Waals surface area contributed by atoms with Crippen LogP contribution >= 0.6 is 0 Å². The van der Waals surface area contributed by atoms with E-state index in [4.69, 9.17) is 19.4 Å². The normalized spacial score (nSPS) is 34.3. The standard InChI is InChI=1S/C16H18N2O7/c1-23-16-11-12-10(24-16)6-7-17(12)14(19)13(11)25-15(20)8-2-4-9(5-3-8)18(21)22/h2-5,10-13,16,18,21H,6-7H2,1H3. The van der Waals surface area contributed by atoms with Crippen LogP contribution in [0.5, 0.6) is 0 Å². The highest BCUT2D eigenvalue weighted by molar-refractivity contribution is 5.93. The molecule has 9 nitrogen and oxygen atoms in total. The molecule has 3 fully saturated rings. The number of benzene rings is 1. The second kappa shape index (κ2) is 6.04. The van der Waals surface area contributed by atoms with Gasteiger partial charge in [0.05, 0.1) is 23.6 Å². The van der Waals surface area contributed by atoms with Gasteiger partial charge in [0, 0.05) is 25.8 Å². The number of carbonyl (C=O) groups is 2. The zero-order valence-corrected chi connectivity index (χ0v) is 13.5. The van der Waals surface area contributed by atoms with Crippen LogP contribution < -0.4 is 5.23 Å². The molecule has 6 unspecified atom stereocenters. The first-order valence-electron chi connectivity index (χ1n) is 8.04. The lowest BCUT2D eigenvalue weighted by atomic mass is 9.96. The third-order valence-electron chi connectivity index (χ3n) is 5.12. The summed E-state index contributed by atoms with van der Waals surface area (Å²) in [5.41, 5.74) is 0.259. The van der Waals surface area contributed by atoms with E-state index in [9.17, 15) is 14.8 Å². The number of rotatable bonds is 4. The molecular formula is C16H18N2O7. The lowest BCUT2D eigenvalue weighted by molar-refractivity contribution is -0.991. The molecule has 3 saturated heterocycles. The number of nitrogens with zero attached hydrogens (tertiary/aromatic N) is 1. The van der Waals surface area contributed by atoms with Gasteiger partial charge in [0.15, 0.2) is 18.1 Å². The van der Waals surface area contributed by atoms with E-state index in [-0.39, 0.29) is 35.2 Å². The highest BCUT2D eigenvalue weighted by Gasteiger charge is 2.63. The molecule has 6 atom stereocenters. The van der Waals surface area contributed by atoms with E-state index in [1.54, 1.807) is 4.90 Å². The van der Waals surface area contributed by atoms with Gasteiger partial charge in [0.1, 0.15) is 0 Å². The van der Waals surface area contributed by atoms with Gasteiger partial charge in [-0.1, -0.05) is 0 Å². The van der Waals surface area contributed by atoms with E-state index in [1.165, 1.54) is 31.4 Å². The summed E-state index contributed by atoms with van der Waals surface area (Å²) in [5, 5.41) is 18.7. The number of carbonyl (C=O) groups excluding carboxylic acids is 2. The summed E-state index contributed by atoms with van der Waals surface area (Å²) in [7, 11) is 1.50. The van der Waals surface area contributed by atoms with Crippen molar-refractivity contribution in [3.05, 3.63) is 35.0 Å². The minimum absolute atomic E-state index is 0.0700. The molecule has 0 radical (unpaired) electrons. The SMILES string of the molecule is COC1OC2CCN3C(=O)C(OC(=O)c4ccc([NH+]([O-])O)cc4)C1C23. The van der Waals surface area contributed by atoms with Gasteiger partial charge >= 0.3 is 5.97 Å². The molecule has 0 aromatic heterocycles. The first-order valence-corrected chi connectivity index (χ1v) is 8.04. The molecule has 2 N–H and O–H groups in total. The maximum absolute atomic E-state index is 12.6. The van der Waals surface area contributed by atoms with Crippen LogP contribution in [0.4, 0.5) is 5.69 Å². The summed E-state index contributed by atoms with van der Waals surface area (Å²) in [6.07, 6.45) is -0.870. The lowest BCUT2D eigenvalue weighted by Gasteiger charge is -2.20. The van der Waals surface area contributed by atoms with Crippen molar-refractivity contribution in [1.82, 2.24) is 4.90 Å². The molecule has 0 bridgehead atoms. The van der Waals surface area contributed by atoms with Crippen LogP contribution in [0.1, 0.15) is 16.8 Å². The van der Waals surface area contributed by atoms with Gasteiger partial charge in [-0.3, -0.25) is 4.79 Å². The number of quaternary nitrogens is 1. The molecule has 134 valence electrons. The second-order valence-corrected chi connectivity index (χ2v) is 6.38. The van der Waals surface area contributed by atoms with Crippen LogP contribution in [-0.4, -0.2) is 60.2 Å². The summed E-state index contributed by atoms with van der Waals surface area (Å²) in [6, 6.07) is 5.26. The van der Waals surface area contributed by atoms with Crippen molar-refractivity contribution in [2.24, 2.45) is 5.92 Å². The molecule has 3 heterocycles. The fraction of sp³-hybridized carbons (Fsp3) is 0.500. The first kappa shape index (κ1) is 16.4. The van der Waals surface area contributed by atoms with E-state index in [0.717, 1.165) is 6.42 Å². The lowest BCUT2D eigenvalue weighted by Crippen LogP contribution is -2.99. The predicted molar refractivity (Wildman–Crippen MR) is 80.7 cm³/mol. The van der Waals surface area contributed by atoms with Gasteiger partial charge in [-0.05, 0) is 18.6 Å². The molecule has 0 aliphatic carbocycles. The molecule has 4 rings (SSSR count). The first-order chi connectivity index (χ1) is 12.0. The zero-order chi connectivity index (χ0) is 17.7. The highest BCUT2D eigenvalue weighted by atomic mass is 16.8. The average molecular weight is 350 g/mol. The van der Waals surface area contributed by atoms with Crippen molar-refractivity contribution >= 4 is 17.6 Å². The molecule has 1 aromatic rings. The molecule has 1 amide bonds. The van der Waals surface area contributed by atoms with E-state index in [2.05, 4.69) is 0 Å². The summed E-state index contributed by atoms with van der Waals surface area (Å²) in [5.74, 6) is -1.25. The molecule has 1 aromatic carbocycles. The van der Waals surface area contributed by atoms with Gasteiger partial charge < -0.3 is 24.3 Å². The van der Waals surface area contributed by atoms with Crippen LogP contribution in [0.3, 0.4) is 0 Å². The Labute approximate surface area is 143 Å². The Hall–Kier alpha value is -2.04. The van der Waals surface area contributed by atoms with E-state index >= 15 is 0 Å². The number of nitrogens with one attached hydrogen (secondary N) is 1. The fourth-order valence-corrected chi connectivity index (χ4v) is 4.00. The van der Waals surface area contributed by atoms with Crippen molar-refractivity contribution in [2.75, 3.05) is 13.7 Å². The topological polar surface area (TPSA) is 113 Å². The van der Waals surface area contributed by atoms with Crippen LogP contribution in [0, 0.1) is 11.1 Å². The maximum Gasteiger partial charge on any atom is 0.338 e. The summed E-state index contributed by atoms with van der Waals surface area (Å²) in [4.78, 5) is 26.7. The maximum atomic E-state index is 12.6. The monoisotopic (exact) mass is 350 g/mol. The molecular weight excluding hydrogens is 332 g/mol. The Kier molecular flexibility index (Phi) is 3.97.